The van der Waals surface area contributed by atoms with Crippen LogP contribution >= 0.6 is 0 Å². The van der Waals surface area contributed by atoms with Gasteiger partial charge >= 0.3 is 0 Å². The number of fused-ring (bicyclic) bond motifs is 1. The fourth-order valence-corrected chi connectivity index (χ4v) is 3.01. The number of carbonyl (C=O) groups excluding carboxylic acids is 1. The fourth-order valence-electron chi connectivity index (χ4n) is 3.01. The molecule has 0 radical (unpaired) electrons. The molecule has 0 fully saturated rings. The van der Waals surface area contributed by atoms with Crippen molar-refractivity contribution in [2.24, 2.45) is 0 Å². The van der Waals surface area contributed by atoms with Crippen LogP contribution in [0.15, 0.2) is 36.5 Å². The Morgan fingerprint density at radius 3 is 2.62 bits per heavy atom. The first-order valence-electron chi connectivity index (χ1n) is 8.74. The van der Waals surface area contributed by atoms with Gasteiger partial charge in [0.05, 0.1) is 24.0 Å². The van der Waals surface area contributed by atoms with E-state index in [1.54, 1.807) is 13.3 Å². The molecule has 2 aromatic heterocycles. The van der Waals surface area contributed by atoms with Crippen molar-refractivity contribution in [1.29, 1.82) is 0 Å². The van der Waals surface area contributed by atoms with E-state index in [-0.39, 0.29) is 5.91 Å². The number of aryl methyl sites for hydroxylation is 2. The number of hydrogen-bond acceptors (Lipinski definition) is 4. The number of benzene rings is 1. The molecule has 1 aromatic carbocycles. The molecule has 2 heterocycles. The van der Waals surface area contributed by atoms with Gasteiger partial charge in [0.2, 0.25) is 11.8 Å². The Morgan fingerprint density at radius 1 is 1.15 bits per heavy atom. The molecule has 0 aliphatic heterocycles. The minimum absolute atomic E-state index is 0.0282. The van der Waals surface area contributed by atoms with E-state index in [1.165, 1.54) is 0 Å². The summed E-state index contributed by atoms with van der Waals surface area (Å²) in [4.78, 5) is 21.2. The lowest BCUT2D eigenvalue weighted by Gasteiger charge is -2.14. The van der Waals surface area contributed by atoms with Gasteiger partial charge in [-0.15, -0.1) is 0 Å². The summed E-state index contributed by atoms with van der Waals surface area (Å²) in [6.45, 7) is 6.07. The number of aromatic nitrogens is 2. The zero-order valence-corrected chi connectivity index (χ0v) is 15.6. The molecule has 0 bridgehead atoms. The van der Waals surface area contributed by atoms with Crippen molar-refractivity contribution in [2.45, 2.75) is 33.6 Å². The summed E-state index contributed by atoms with van der Waals surface area (Å²) in [6, 6.07) is 9.74. The maximum atomic E-state index is 12.0. The van der Waals surface area contributed by atoms with Crippen molar-refractivity contribution < 1.29 is 9.53 Å². The summed E-state index contributed by atoms with van der Waals surface area (Å²) in [6.07, 6.45) is 3.09. The average Bonchev–Trinajstić information content (AvgIpc) is 2.64. The van der Waals surface area contributed by atoms with Crippen LogP contribution < -0.4 is 10.1 Å². The Balaban J connectivity index is 2.10. The summed E-state index contributed by atoms with van der Waals surface area (Å²) in [5.74, 6) is 0.601. The molecule has 0 saturated carbocycles. The van der Waals surface area contributed by atoms with Crippen LogP contribution in [0.2, 0.25) is 0 Å². The quantitative estimate of drug-likeness (QED) is 0.727. The molecule has 5 nitrogen and oxygen atoms in total. The van der Waals surface area contributed by atoms with Crippen LogP contribution in [0.25, 0.3) is 22.2 Å². The molecule has 1 amide bonds. The molecule has 0 unspecified atom stereocenters. The zero-order valence-electron chi connectivity index (χ0n) is 15.6. The van der Waals surface area contributed by atoms with Crippen molar-refractivity contribution in [1.82, 2.24) is 9.97 Å². The number of rotatable bonds is 5. The van der Waals surface area contributed by atoms with Gasteiger partial charge in [-0.2, -0.15) is 0 Å². The summed E-state index contributed by atoms with van der Waals surface area (Å²) in [5, 5.41) is 4.01. The van der Waals surface area contributed by atoms with Gasteiger partial charge in [0, 0.05) is 29.6 Å². The third-order valence-corrected chi connectivity index (χ3v) is 4.35. The maximum absolute atomic E-state index is 12.0. The smallest absolute Gasteiger partial charge is 0.224 e. The summed E-state index contributed by atoms with van der Waals surface area (Å²) in [7, 11) is 1.60. The van der Waals surface area contributed by atoms with Crippen LogP contribution in [0.4, 0.5) is 5.69 Å². The Kier molecular flexibility index (Phi) is 5.16. The number of nitrogens with zero attached hydrogens (tertiary/aromatic N) is 2. The normalized spacial score (nSPS) is 10.8. The van der Waals surface area contributed by atoms with E-state index in [0.717, 1.165) is 45.4 Å². The number of nitrogens with one attached hydrogen (secondary N) is 1. The topological polar surface area (TPSA) is 64.1 Å². The number of anilines is 1. The first kappa shape index (κ1) is 17.9. The third-order valence-electron chi connectivity index (χ3n) is 4.35. The highest BCUT2D eigenvalue weighted by molar-refractivity contribution is 6.04. The molecule has 0 saturated heterocycles. The number of pyridine rings is 2. The summed E-state index contributed by atoms with van der Waals surface area (Å²) in [5.41, 5.74) is 5.62. The molecule has 0 spiro atoms. The van der Waals surface area contributed by atoms with E-state index in [0.29, 0.717) is 12.3 Å². The van der Waals surface area contributed by atoms with Crippen LogP contribution in [0.5, 0.6) is 5.88 Å². The molecule has 3 rings (SSSR count). The van der Waals surface area contributed by atoms with E-state index in [9.17, 15) is 4.79 Å². The number of hydrogen-bond donors (Lipinski definition) is 1. The van der Waals surface area contributed by atoms with Crippen LogP contribution in [0.1, 0.15) is 30.9 Å². The second kappa shape index (κ2) is 7.52. The Hall–Kier alpha value is -2.95. The SMILES string of the molecule is CCCC(=O)Nc1ccc(C)c2nc(-c3ccc(OC)nc3)cc(C)c12. The molecule has 0 atom stereocenters. The lowest BCUT2D eigenvalue weighted by Crippen LogP contribution is -2.11. The zero-order chi connectivity index (χ0) is 18.7. The Morgan fingerprint density at radius 2 is 1.96 bits per heavy atom. The van der Waals surface area contributed by atoms with Crippen LogP contribution in [0.3, 0.4) is 0 Å². The van der Waals surface area contributed by atoms with Gasteiger partial charge in [-0.05, 0) is 49.6 Å². The van der Waals surface area contributed by atoms with Crippen LogP contribution in [-0.2, 0) is 4.79 Å². The van der Waals surface area contributed by atoms with Gasteiger partial charge in [0.15, 0.2) is 0 Å². The molecular weight excluding hydrogens is 326 g/mol. The molecule has 5 heteroatoms. The van der Waals surface area contributed by atoms with Crippen molar-refractivity contribution in [2.75, 3.05) is 12.4 Å². The first-order valence-corrected chi connectivity index (χ1v) is 8.74. The predicted octanol–water partition coefficient (Wildman–Crippen LogP) is 4.66. The molecule has 26 heavy (non-hydrogen) atoms. The van der Waals surface area contributed by atoms with Gasteiger partial charge in [0.1, 0.15) is 0 Å². The largest absolute Gasteiger partial charge is 0.481 e. The second-order valence-electron chi connectivity index (χ2n) is 6.37. The first-order chi connectivity index (χ1) is 12.5. The predicted molar refractivity (Wildman–Crippen MR) is 105 cm³/mol. The molecule has 134 valence electrons. The van der Waals surface area contributed by atoms with E-state index in [2.05, 4.69) is 10.3 Å². The monoisotopic (exact) mass is 349 g/mol. The highest BCUT2D eigenvalue weighted by atomic mass is 16.5. The van der Waals surface area contributed by atoms with Gasteiger partial charge in [-0.3, -0.25) is 4.79 Å². The second-order valence-corrected chi connectivity index (χ2v) is 6.37. The van der Waals surface area contributed by atoms with Gasteiger partial charge in [-0.25, -0.2) is 9.97 Å². The third kappa shape index (κ3) is 3.52. The number of carbonyl (C=O) groups is 1. The molecule has 1 N–H and O–H groups in total. The maximum Gasteiger partial charge on any atom is 0.224 e. The highest BCUT2D eigenvalue weighted by Gasteiger charge is 2.13. The van der Waals surface area contributed by atoms with E-state index in [4.69, 9.17) is 9.72 Å². The van der Waals surface area contributed by atoms with Crippen molar-refractivity contribution in [3.63, 3.8) is 0 Å². The van der Waals surface area contributed by atoms with Gasteiger partial charge < -0.3 is 10.1 Å². The number of methoxy groups -OCH3 is 1. The van der Waals surface area contributed by atoms with Gasteiger partial charge in [0.25, 0.3) is 0 Å². The minimum atomic E-state index is 0.0282. The van der Waals surface area contributed by atoms with Crippen LogP contribution in [0, 0.1) is 13.8 Å². The lowest BCUT2D eigenvalue weighted by atomic mass is 10.0. The van der Waals surface area contributed by atoms with E-state index < -0.39 is 0 Å². The molecule has 3 aromatic rings. The Labute approximate surface area is 153 Å². The highest BCUT2D eigenvalue weighted by Crippen LogP contribution is 2.31. The summed E-state index contributed by atoms with van der Waals surface area (Å²) >= 11 is 0. The molecule has 0 aliphatic carbocycles. The van der Waals surface area contributed by atoms with Crippen molar-refractivity contribution in [3.8, 4) is 17.1 Å². The lowest BCUT2D eigenvalue weighted by molar-refractivity contribution is -0.116. The van der Waals surface area contributed by atoms with E-state index in [1.807, 2.05) is 51.1 Å². The number of ether oxygens (including phenoxy) is 1. The van der Waals surface area contributed by atoms with Crippen molar-refractivity contribution >= 4 is 22.5 Å². The van der Waals surface area contributed by atoms with Crippen molar-refractivity contribution in [3.05, 3.63) is 47.7 Å². The standard InChI is InChI=1S/C21H23N3O2/c1-5-6-18(25)23-16-9-7-13(2)21-20(16)14(3)11-17(24-21)15-8-10-19(26-4)22-12-15/h7-12H,5-6H2,1-4H3,(H,23,25). The summed E-state index contributed by atoms with van der Waals surface area (Å²) < 4.78 is 5.12. The van der Waals surface area contributed by atoms with Gasteiger partial charge in [-0.1, -0.05) is 13.0 Å². The number of amides is 1. The van der Waals surface area contributed by atoms with E-state index >= 15 is 0 Å². The molecule has 0 aliphatic rings. The van der Waals surface area contributed by atoms with Crippen LogP contribution in [-0.4, -0.2) is 23.0 Å². The molecular formula is C21H23N3O2. The fraction of sp³-hybridized carbons (Fsp3) is 0.286. The average molecular weight is 349 g/mol. The minimum Gasteiger partial charge on any atom is -0.481 e. The Bertz CT molecular complexity index is 950.